The Balaban J connectivity index is 1.30. The summed E-state index contributed by atoms with van der Waals surface area (Å²) < 4.78 is 13.1. The van der Waals surface area contributed by atoms with Gasteiger partial charge in [-0.25, -0.2) is 0 Å². The number of benzene rings is 1. The van der Waals surface area contributed by atoms with Gasteiger partial charge < -0.3 is 19.4 Å². The summed E-state index contributed by atoms with van der Waals surface area (Å²) in [5.41, 5.74) is 5.34. The fourth-order valence-electron chi connectivity index (χ4n) is 4.48. The summed E-state index contributed by atoms with van der Waals surface area (Å²) in [5.74, 6) is 0.554. The van der Waals surface area contributed by atoms with Crippen LogP contribution < -0.4 is 10.1 Å². The number of hydrogen-bond acceptors (Lipinski definition) is 6. The van der Waals surface area contributed by atoms with Crippen molar-refractivity contribution in [1.82, 2.24) is 14.5 Å². The van der Waals surface area contributed by atoms with Gasteiger partial charge in [0.15, 0.2) is 0 Å². The molecule has 3 aromatic heterocycles. The molecule has 0 fully saturated rings. The molecule has 1 aliphatic heterocycles. The lowest BCUT2D eigenvalue weighted by Gasteiger charge is -2.19. The number of anilines is 1. The van der Waals surface area contributed by atoms with Gasteiger partial charge in [-0.2, -0.15) is 0 Å². The van der Waals surface area contributed by atoms with Crippen LogP contribution >= 0.6 is 0 Å². The van der Waals surface area contributed by atoms with E-state index in [2.05, 4.69) is 27.0 Å². The summed E-state index contributed by atoms with van der Waals surface area (Å²) in [5, 5.41) is 4.45. The number of carbonyl (C=O) groups excluding carboxylic acids is 1. The van der Waals surface area contributed by atoms with Gasteiger partial charge in [-0.3, -0.25) is 14.8 Å². The van der Waals surface area contributed by atoms with Gasteiger partial charge in [0, 0.05) is 48.2 Å². The lowest BCUT2D eigenvalue weighted by atomic mass is 10.1. The van der Waals surface area contributed by atoms with Crippen molar-refractivity contribution in [3.63, 3.8) is 0 Å². The fraction of sp³-hybridized carbons (Fsp3) is 0.296. The molecule has 5 rings (SSSR count). The second-order valence-corrected chi connectivity index (χ2v) is 8.45. The SMILES string of the molecule is COC(=O)CC(c1cccnc1)n1ccc2cc(OCCc3ccc4c(n3)CCCN4)ccc21. The van der Waals surface area contributed by atoms with Crippen LogP contribution in [-0.4, -0.2) is 40.8 Å². The molecule has 4 aromatic rings. The normalized spacial score (nSPS) is 13.7. The second kappa shape index (κ2) is 9.95. The third-order valence-corrected chi connectivity index (χ3v) is 6.25. The molecular weight excluding hydrogens is 428 g/mol. The number of fused-ring (bicyclic) bond motifs is 2. The molecule has 0 amide bonds. The van der Waals surface area contributed by atoms with Crippen molar-refractivity contribution in [1.29, 1.82) is 0 Å². The van der Waals surface area contributed by atoms with E-state index in [1.54, 1.807) is 12.4 Å². The van der Waals surface area contributed by atoms with E-state index in [1.165, 1.54) is 7.11 Å². The molecule has 174 valence electrons. The molecule has 0 aliphatic carbocycles. The number of pyridine rings is 2. The number of aromatic nitrogens is 3. The van der Waals surface area contributed by atoms with Gasteiger partial charge in [0.25, 0.3) is 0 Å². The minimum Gasteiger partial charge on any atom is -0.493 e. The number of nitrogens with one attached hydrogen (secondary N) is 1. The van der Waals surface area contributed by atoms with Gasteiger partial charge in [-0.15, -0.1) is 0 Å². The molecule has 1 N–H and O–H groups in total. The maximum Gasteiger partial charge on any atom is 0.307 e. The summed E-state index contributed by atoms with van der Waals surface area (Å²) in [4.78, 5) is 21.1. The van der Waals surface area contributed by atoms with Crippen molar-refractivity contribution in [3.05, 3.63) is 84.1 Å². The van der Waals surface area contributed by atoms with Crippen LogP contribution in [0.5, 0.6) is 5.75 Å². The molecule has 0 radical (unpaired) electrons. The lowest BCUT2D eigenvalue weighted by molar-refractivity contribution is -0.141. The van der Waals surface area contributed by atoms with Crippen molar-refractivity contribution < 1.29 is 14.3 Å². The van der Waals surface area contributed by atoms with E-state index >= 15 is 0 Å². The zero-order chi connectivity index (χ0) is 23.3. The third kappa shape index (κ3) is 4.73. The van der Waals surface area contributed by atoms with E-state index in [0.29, 0.717) is 6.61 Å². The maximum atomic E-state index is 12.1. The van der Waals surface area contributed by atoms with Crippen molar-refractivity contribution in [2.75, 3.05) is 25.6 Å². The first kappa shape index (κ1) is 21.9. The number of aryl methyl sites for hydroxylation is 1. The van der Waals surface area contributed by atoms with Crippen LogP contribution in [0.4, 0.5) is 5.69 Å². The monoisotopic (exact) mass is 456 g/mol. The maximum absolute atomic E-state index is 12.1. The standard InChI is InChI=1S/C27H28N4O3/c1-33-27(32)17-26(20-4-2-12-28-18-20)31-14-10-19-16-22(7-9-25(19)31)34-15-11-21-6-8-23-24(30-21)5-3-13-29-23/h2,4,6-10,12,14,16,18,26,29H,3,5,11,13,15,17H2,1H3. The Morgan fingerprint density at radius 3 is 3.00 bits per heavy atom. The minimum absolute atomic E-state index is 0.199. The first-order valence-electron chi connectivity index (χ1n) is 11.6. The number of carbonyl (C=O) groups is 1. The summed E-state index contributed by atoms with van der Waals surface area (Å²) in [6.07, 6.45) is 8.66. The van der Waals surface area contributed by atoms with Gasteiger partial charge in [0.1, 0.15) is 5.75 Å². The van der Waals surface area contributed by atoms with Crippen molar-refractivity contribution >= 4 is 22.6 Å². The highest BCUT2D eigenvalue weighted by Crippen LogP contribution is 2.30. The Labute approximate surface area is 198 Å². The molecule has 0 saturated heterocycles. The van der Waals surface area contributed by atoms with Crippen LogP contribution in [0, 0.1) is 0 Å². The summed E-state index contributed by atoms with van der Waals surface area (Å²) in [6, 6.07) is 15.9. The predicted octanol–water partition coefficient (Wildman–Crippen LogP) is 4.56. The number of nitrogens with zero attached hydrogens (tertiary/aromatic N) is 3. The first-order chi connectivity index (χ1) is 16.7. The molecule has 1 aromatic carbocycles. The smallest absolute Gasteiger partial charge is 0.307 e. The first-order valence-corrected chi connectivity index (χ1v) is 11.6. The van der Waals surface area contributed by atoms with Crippen LogP contribution in [0.2, 0.25) is 0 Å². The fourth-order valence-corrected chi connectivity index (χ4v) is 4.48. The second-order valence-electron chi connectivity index (χ2n) is 8.45. The largest absolute Gasteiger partial charge is 0.493 e. The highest BCUT2D eigenvalue weighted by Gasteiger charge is 2.20. The Bertz CT molecular complexity index is 1290. The van der Waals surface area contributed by atoms with Crippen molar-refractivity contribution in [2.24, 2.45) is 0 Å². The number of rotatable bonds is 8. The lowest BCUT2D eigenvalue weighted by Crippen LogP contribution is -2.15. The summed E-state index contributed by atoms with van der Waals surface area (Å²) in [7, 11) is 1.41. The van der Waals surface area contributed by atoms with Crippen molar-refractivity contribution in [2.45, 2.75) is 31.7 Å². The van der Waals surface area contributed by atoms with E-state index in [4.69, 9.17) is 14.5 Å². The van der Waals surface area contributed by atoms with Gasteiger partial charge >= 0.3 is 5.97 Å². The van der Waals surface area contributed by atoms with E-state index in [0.717, 1.165) is 65.1 Å². The van der Waals surface area contributed by atoms with E-state index in [1.807, 2.05) is 42.6 Å². The Morgan fingerprint density at radius 1 is 1.21 bits per heavy atom. The Hall–Kier alpha value is -3.87. The number of hydrogen-bond donors (Lipinski definition) is 1. The number of methoxy groups -OCH3 is 1. The molecule has 1 unspecified atom stereocenters. The zero-order valence-electron chi connectivity index (χ0n) is 19.2. The molecule has 4 heterocycles. The van der Waals surface area contributed by atoms with E-state index in [-0.39, 0.29) is 18.4 Å². The molecule has 0 spiro atoms. The summed E-state index contributed by atoms with van der Waals surface area (Å²) in [6.45, 7) is 1.58. The molecule has 7 heteroatoms. The van der Waals surface area contributed by atoms with Crippen molar-refractivity contribution in [3.8, 4) is 5.75 Å². The molecule has 1 aliphatic rings. The highest BCUT2D eigenvalue weighted by molar-refractivity contribution is 5.82. The Kier molecular flexibility index (Phi) is 6.42. The zero-order valence-corrected chi connectivity index (χ0v) is 19.2. The summed E-state index contributed by atoms with van der Waals surface area (Å²) >= 11 is 0. The third-order valence-electron chi connectivity index (χ3n) is 6.25. The molecule has 0 bridgehead atoms. The van der Waals surface area contributed by atoms with E-state index < -0.39 is 0 Å². The van der Waals surface area contributed by atoms with Crippen LogP contribution in [0.3, 0.4) is 0 Å². The average Bonchev–Trinajstić information content (AvgIpc) is 3.30. The minimum atomic E-state index is -0.262. The van der Waals surface area contributed by atoms with Crippen LogP contribution in [-0.2, 0) is 22.4 Å². The average molecular weight is 457 g/mol. The molecule has 34 heavy (non-hydrogen) atoms. The molecule has 0 saturated carbocycles. The van der Waals surface area contributed by atoms with Gasteiger partial charge in [-0.1, -0.05) is 6.07 Å². The quantitative estimate of drug-likeness (QED) is 0.392. The predicted molar refractivity (Wildman–Crippen MR) is 131 cm³/mol. The topological polar surface area (TPSA) is 78.3 Å². The number of esters is 1. The van der Waals surface area contributed by atoms with Gasteiger partial charge in [0.05, 0.1) is 37.6 Å². The Morgan fingerprint density at radius 2 is 2.15 bits per heavy atom. The highest BCUT2D eigenvalue weighted by atomic mass is 16.5. The van der Waals surface area contributed by atoms with Crippen LogP contribution in [0.15, 0.2) is 67.1 Å². The van der Waals surface area contributed by atoms with E-state index in [9.17, 15) is 4.79 Å². The van der Waals surface area contributed by atoms with Crippen LogP contribution in [0.25, 0.3) is 10.9 Å². The molecule has 1 atom stereocenters. The number of ether oxygens (including phenoxy) is 2. The molecule has 7 nitrogen and oxygen atoms in total. The molecular formula is C27H28N4O3. The van der Waals surface area contributed by atoms with Gasteiger partial charge in [-0.05, 0) is 60.9 Å². The van der Waals surface area contributed by atoms with Crippen LogP contribution in [0.1, 0.15) is 35.8 Å². The van der Waals surface area contributed by atoms with Gasteiger partial charge in [0.2, 0.25) is 0 Å².